The van der Waals surface area contributed by atoms with Crippen molar-refractivity contribution in [2.24, 2.45) is 0 Å². The first-order chi connectivity index (χ1) is 11.6. The van der Waals surface area contributed by atoms with E-state index in [0.717, 1.165) is 16.7 Å². The van der Waals surface area contributed by atoms with Crippen molar-refractivity contribution in [1.82, 2.24) is 4.90 Å². The van der Waals surface area contributed by atoms with Crippen LogP contribution in [0.4, 0.5) is 0 Å². The molecule has 0 unspecified atom stereocenters. The lowest BCUT2D eigenvalue weighted by Gasteiger charge is -2.21. The van der Waals surface area contributed by atoms with E-state index in [9.17, 15) is 4.79 Å². The molecular formula is C19H20N2O3. The Kier molecular flexibility index (Phi) is 6.07. The maximum atomic E-state index is 12.6. The molecule has 0 fully saturated rings. The highest BCUT2D eigenvalue weighted by atomic mass is 16.3. The van der Waals surface area contributed by atoms with E-state index in [2.05, 4.69) is 6.07 Å². The summed E-state index contributed by atoms with van der Waals surface area (Å²) in [6.07, 6.45) is 0. The summed E-state index contributed by atoms with van der Waals surface area (Å²) in [7, 11) is 0. The SMILES string of the molecule is Cc1cc(C#N)ccc1-c1cccc(C(=O)N(CCO)CCO)c1. The highest BCUT2D eigenvalue weighted by Crippen LogP contribution is 2.25. The number of hydrogen-bond donors (Lipinski definition) is 2. The van der Waals surface area contributed by atoms with E-state index in [4.69, 9.17) is 15.5 Å². The third kappa shape index (κ3) is 3.99. The predicted octanol–water partition coefficient (Wildman–Crippen LogP) is 1.96. The van der Waals surface area contributed by atoms with Gasteiger partial charge in [-0.25, -0.2) is 0 Å². The van der Waals surface area contributed by atoms with E-state index >= 15 is 0 Å². The van der Waals surface area contributed by atoms with Gasteiger partial charge in [0.2, 0.25) is 0 Å². The van der Waals surface area contributed by atoms with Gasteiger partial charge in [-0.05, 0) is 47.9 Å². The van der Waals surface area contributed by atoms with Crippen LogP contribution < -0.4 is 0 Å². The zero-order valence-electron chi connectivity index (χ0n) is 13.6. The fourth-order valence-electron chi connectivity index (χ4n) is 2.62. The molecule has 24 heavy (non-hydrogen) atoms. The van der Waals surface area contributed by atoms with E-state index in [-0.39, 0.29) is 32.2 Å². The van der Waals surface area contributed by atoms with Crippen molar-refractivity contribution in [3.63, 3.8) is 0 Å². The molecule has 5 nitrogen and oxygen atoms in total. The second kappa shape index (κ2) is 8.25. The van der Waals surface area contributed by atoms with Crippen LogP contribution in [0.1, 0.15) is 21.5 Å². The van der Waals surface area contributed by atoms with Crippen molar-refractivity contribution in [2.45, 2.75) is 6.92 Å². The fraction of sp³-hybridized carbons (Fsp3) is 0.263. The predicted molar refractivity (Wildman–Crippen MR) is 91.4 cm³/mol. The topological polar surface area (TPSA) is 84.6 Å². The lowest BCUT2D eigenvalue weighted by atomic mass is 9.97. The normalized spacial score (nSPS) is 10.2. The Morgan fingerprint density at radius 2 is 1.83 bits per heavy atom. The van der Waals surface area contributed by atoms with Crippen molar-refractivity contribution in [3.05, 3.63) is 59.2 Å². The van der Waals surface area contributed by atoms with E-state index in [1.54, 1.807) is 24.3 Å². The largest absolute Gasteiger partial charge is 0.395 e. The first-order valence-electron chi connectivity index (χ1n) is 7.73. The minimum Gasteiger partial charge on any atom is -0.395 e. The fourth-order valence-corrected chi connectivity index (χ4v) is 2.62. The Balaban J connectivity index is 2.35. The molecule has 0 atom stereocenters. The minimum absolute atomic E-state index is 0.153. The molecule has 0 heterocycles. The van der Waals surface area contributed by atoms with Gasteiger partial charge in [-0.15, -0.1) is 0 Å². The van der Waals surface area contributed by atoms with Gasteiger partial charge < -0.3 is 15.1 Å². The van der Waals surface area contributed by atoms with Crippen LogP contribution in [0.2, 0.25) is 0 Å². The van der Waals surface area contributed by atoms with Crippen LogP contribution in [0.25, 0.3) is 11.1 Å². The first-order valence-corrected chi connectivity index (χ1v) is 7.73. The number of carbonyl (C=O) groups is 1. The molecule has 0 aliphatic rings. The minimum atomic E-state index is -0.230. The molecule has 0 aliphatic carbocycles. The molecule has 2 N–H and O–H groups in total. The molecule has 2 aromatic rings. The average Bonchev–Trinajstić information content (AvgIpc) is 2.61. The van der Waals surface area contributed by atoms with Crippen LogP contribution in [-0.2, 0) is 0 Å². The highest BCUT2D eigenvalue weighted by molar-refractivity contribution is 5.95. The summed E-state index contributed by atoms with van der Waals surface area (Å²) in [4.78, 5) is 14.0. The monoisotopic (exact) mass is 324 g/mol. The number of benzene rings is 2. The number of carbonyl (C=O) groups excluding carboxylic acids is 1. The molecule has 0 radical (unpaired) electrons. The van der Waals surface area contributed by atoms with Gasteiger partial charge in [0, 0.05) is 18.7 Å². The zero-order chi connectivity index (χ0) is 17.5. The molecule has 0 spiro atoms. The molecule has 0 aliphatic heterocycles. The Morgan fingerprint density at radius 3 is 2.42 bits per heavy atom. The second-order valence-corrected chi connectivity index (χ2v) is 5.46. The van der Waals surface area contributed by atoms with Crippen molar-refractivity contribution in [3.8, 4) is 17.2 Å². The van der Waals surface area contributed by atoms with Gasteiger partial charge in [-0.1, -0.05) is 18.2 Å². The lowest BCUT2D eigenvalue weighted by Crippen LogP contribution is -2.35. The van der Waals surface area contributed by atoms with Crippen LogP contribution in [0.3, 0.4) is 0 Å². The van der Waals surface area contributed by atoms with Gasteiger partial charge in [0.05, 0.1) is 24.8 Å². The van der Waals surface area contributed by atoms with Crippen LogP contribution >= 0.6 is 0 Å². The Hall–Kier alpha value is -2.68. The molecule has 0 saturated carbocycles. The lowest BCUT2D eigenvalue weighted by molar-refractivity contribution is 0.0685. The van der Waals surface area contributed by atoms with Crippen molar-refractivity contribution < 1.29 is 15.0 Å². The van der Waals surface area contributed by atoms with Crippen LogP contribution in [0.5, 0.6) is 0 Å². The smallest absolute Gasteiger partial charge is 0.254 e. The number of nitriles is 1. The maximum Gasteiger partial charge on any atom is 0.254 e. The van der Waals surface area contributed by atoms with Gasteiger partial charge in [-0.2, -0.15) is 5.26 Å². The molecular weight excluding hydrogens is 304 g/mol. The number of amides is 1. The number of aliphatic hydroxyl groups excluding tert-OH is 2. The van der Waals surface area contributed by atoms with E-state index < -0.39 is 0 Å². The Labute approximate surface area is 141 Å². The number of rotatable bonds is 6. The number of aryl methyl sites for hydroxylation is 1. The standard InChI is InChI=1S/C19H20N2O3/c1-14-11-15(13-20)5-6-18(14)16-3-2-4-17(12-16)19(24)21(7-9-22)8-10-23/h2-6,11-12,22-23H,7-10H2,1H3. The average molecular weight is 324 g/mol. The molecule has 124 valence electrons. The summed E-state index contributed by atoms with van der Waals surface area (Å²) >= 11 is 0. The molecule has 0 saturated heterocycles. The molecule has 1 amide bonds. The van der Waals surface area contributed by atoms with Gasteiger partial charge in [-0.3, -0.25) is 4.79 Å². The quantitative estimate of drug-likeness (QED) is 0.851. The van der Waals surface area contributed by atoms with Crippen molar-refractivity contribution >= 4 is 5.91 Å². The highest BCUT2D eigenvalue weighted by Gasteiger charge is 2.15. The van der Waals surface area contributed by atoms with Gasteiger partial charge in [0.15, 0.2) is 0 Å². The third-order valence-electron chi connectivity index (χ3n) is 3.80. The number of hydrogen-bond acceptors (Lipinski definition) is 4. The summed E-state index contributed by atoms with van der Waals surface area (Å²) < 4.78 is 0. The number of nitrogens with zero attached hydrogens (tertiary/aromatic N) is 2. The summed E-state index contributed by atoms with van der Waals surface area (Å²) in [5.41, 5.74) is 3.90. The van der Waals surface area contributed by atoms with E-state index in [1.807, 2.05) is 25.1 Å². The first kappa shape index (κ1) is 17.7. The molecule has 2 aromatic carbocycles. The van der Waals surface area contributed by atoms with Crippen LogP contribution in [0.15, 0.2) is 42.5 Å². The molecule has 5 heteroatoms. The Bertz CT molecular complexity index is 759. The van der Waals surface area contributed by atoms with E-state index in [1.165, 1.54) is 4.90 Å². The van der Waals surface area contributed by atoms with Gasteiger partial charge >= 0.3 is 0 Å². The third-order valence-corrected chi connectivity index (χ3v) is 3.80. The van der Waals surface area contributed by atoms with E-state index in [0.29, 0.717) is 11.1 Å². The van der Waals surface area contributed by atoms with Gasteiger partial charge in [0.25, 0.3) is 5.91 Å². The van der Waals surface area contributed by atoms with Crippen LogP contribution in [0, 0.1) is 18.3 Å². The molecule has 0 bridgehead atoms. The number of aliphatic hydroxyl groups is 2. The summed E-state index contributed by atoms with van der Waals surface area (Å²) in [5.74, 6) is -0.230. The second-order valence-electron chi connectivity index (χ2n) is 5.46. The van der Waals surface area contributed by atoms with Crippen LogP contribution in [-0.4, -0.2) is 47.3 Å². The Morgan fingerprint density at radius 1 is 1.12 bits per heavy atom. The summed E-state index contributed by atoms with van der Waals surface area (Å²) in [5, 5.41) is 27.1. The zero-order valence-corrected chi connectivity index (χ0v) is 13.6. The van der Waals surface area contributed by atoms with Crippen molar-refractivity contribution in [1.29, 1.82) is 5.26 Å². The summed E-state index contributed by atoms with van der Waals surface area (Å²) in [6.45, 7) is 1.98. The van der Waals surface area contributed by atoms with Gasteiger partial charge in [0.1, 0.15) is 0 Å². The van der Waals surface area contributed by atoms with Crippen molar-refractivity contribution in [2.75, 3.05) is 26.3 Å². The molecule has 0 aromatic heterocycles. The maximum absolute atomic E-state index is 12.6. The molecule has 2 rings (SSSR count). The summed E-state index contributed by atoms with van der Waals surface area (Å²) in [6, 6.07) is 14.8.